The summed E-state index contributed by atoms with van der Waals surface area (Å²) in [7, 11) is 0. The number of ether oxygens (including phenoxy) is 1. The fraction of sp³-hybridized carbons (Fsp3) is 0.588. The van der Waals surface area contributed by atoms with E-state index < -0.39 is 6.10 Å². The Bertz CT molecular complexity index is 460. The molecule has 3 nitrogen and oxygen atoms in total. The summed E-state index contributed by atoms with van der Waals surface area (Å²) in [5.74, 6) is 1.56. The van der Waals surface area contributed by atoms with Gasteiger partial charge < -0.3 is 10.1 Å². The molecule has 0 saturated heterocycles. The number of amides is 1. The highest BCUT2D eigenvalue weighted by atomic mass is 35.5. The molecule has 0 radical (unpaired) electrons. The standard InChI is InChI=1S/C17H24ClNO2S/c1-13(21-15-9-7-14(18)8-10-15)17(20)19-11-12-22-16-5-3-2-4-6-16/h7-10,13,16H,2-6,11-12H2,1H3,(H,19,20)/t13-/m0/s1. The first kappa shape index (κ1) is 17.5. The molecule has 1 saturated carbocycles. The van der Waals surface area contributed by atoms with Gasteiger partial charge in [0.2, 0.25) is 0 Å². The molecule has 1 aromatic rings. The van der Waals surface area contributed by atoms with Crippen LogP contribution in [0, 0.1) is 0 Å². The van der Waals surface area contributed by atoms with Crippen LogP contribution in [0.2, 0.25) is 5.02 Å². The molecule has 0 heterocycles. The minimum atomic E-state index is -0.499. The van der Waals surface area contributed by atoms with Gasteiger partial charge in [-0.3, -0.25) is 4.79 Å². The number of hydrogen-bond acceptors (Lipinski definition) is 3. The molecule has 0 aliphatic heterocycles. The van der Waals surface area contributed by atoms with Crippen LogP contribution >= 0.6 is 23.4 Å². The van der Waals surface area contributed by atoms with Crippen molar-refractivity contribution in [3.05, 3.63) is 29.3 Å². The van der Waals surface area contributed by atoms with Crippen molar-refractivity contribution < 1.29 is 9.53 Å². The number of carbonyl (C=O) groups excluding carboxylic acids is 1. The smallest absolute Gasteiger partial charge is 0.260 e. The van der Waals surface area contributed by atoms with Gasteiger partial charge in [-0.25, -0.2) is 0 Å². The van der Waals surface area contributed by atoms with Crippen molar-refractivity contribution in [2.24, 2.45) is 0 Å². The monoisotopic (exact) mass is 341 g/mol. The fourth-order valence-corrected chi connectivity index (χ4v) is 3.89. The lowest BCUT2D eigenvalue weighted by atomic mass is 10.0. The van der Waals surface area contributed by atoms with E-state index in [2.05, 4.69) is 5.32 Å². The SMILES string of the molecule is C[C@H](Oc1ccc(Cl)cc1)C(=O)NCCSC1CCCCC1. The molecular weight excluding hydrogens is 318 g/mol. The van der Waals surface area contributed by atoms with E-state index in [1.165, 1.54) is 32.1 Å². The molecule has 2 rings (SSSR count). The molecule has 5 heteroatoms. The third-order valence-electron chi connectivity index (χ3n) is 3.80. The highest BCUT2D eigenvalue weighted by Gasteiger charge is 2.16. The summed E-state index contributed by atoms with van der Waals surface area (Å²) in [4.78, 5) is 12.0. The van der Waals surface area contributed by atoms with Gasteiger partial charge in [-0.15, -0.1) is 0 Å². The topological polar surface area (TPSA) is 38.3 Å². The summed E-state index contributed by atoms with van der Waals surface area (Å²) < 4.78 is 5.60. The molecule has 1 N–H and O–H groups in total. The van der Waals surface area contributed by atoms with Crippen molar-refractivity contribution >= 4 is 29.3 Å². The predicted octanol–water partition coefficient (Wildman–Crippen LogP) is 4.29. The van der Waals surface area contributed by atoms with Crippen LogP contribution in [0.3, 0.4) is 0 Å². The molecule has 1 atom stereocenters. The zero-order chi connectivity index (χ0) is 15.8. The first-order valence-electron chi connectivity index (χ1n) is 7.96. The van der Waals surface area contributed by atoms with Crippen LogP contribution in [-0.2, 0) is 4.79 Å². The molecule has 0 spiro atoms. The van der Waals surface area contributed by atoms with Crippen LogP contribution in [0.1, 0.15) is 39.0 Å². The maximum absolute atomic E-state index is 12.0. The van der Waals surface area contributed by atoms with Gasteiger partial charge >= 0.3 is 0 Å². The van der Waals surface area contributed by atoms with Gasteiger partial charge in [-0.2, -0.15) is 11.8 Å². The molecule has 1 aromatic carbocycles. The molecular formula is C17H24ClNO2S. The van der Waals surface area contributed by atoms with Gasteiger partial charge in [0.25, 0.3) is 5.91 Å². The Morgan fingerprint density at radius 1 is 1.32 bits per heavy atom. The van der Waals surface area contributed by atoms with E-state index in [0.29, 0.717) is 17.3 Å². The van der Waals surface area contributed by atoms with Crippen molar-refractivity contribution in [3.63, 3.8) is 0 Å². The quantitative estimate of drug-likeness (QED) is 0.752. The van der Waals surface area contributed by atoms with Gasteiger partial charge in [-0.05, 0) is 44.0 Å². The lowest BCUT2D eigenvalue weighted by Crippen LogP contribution is -2.37. The summed E-state index contributed by atoms with van der Waals surface area (Å²) >= 11 is 7.81. The fourth-order valence-electron chi connectivity index (χ4n) is 2.55. The van der Waals surface area contributed by atoms with E-state index >= 15 is 0 Å². The normalized spacial score (nSPS) is 17.0. The highest BCUT2D eigenvalue weighted by Crippen LogP contribution is 2.27. The third-order valence-corrected chi connectivity index (χ3v) is 5.44. The molecule has 0 unspecified atom stereocenters. The summed E-state index contributed by atoms with van der Waals surface area (Å²) in [6, 6.07) is 7.04. The predicted molar refractivity (Wildman–Crippen MR) is 93.9 cm³/mol. The van der Waals surface area contributed by atoms with Crippen LogP contribution in [0.4, 0.5) is 0 Å². The van der Waals surface area contributed by atoms with E-state index in [9.17, 15) is 4.79 Å². The number of hydrogen-bond donors (Lipinski definition) is 1. The van der Waals surface area contributed by atoms with Gasteiger partial charge in [0.15, 0.2) is 6.10 Å². The number of carbonyl (C=O) groups is 1. The lowest BCUT2D eigenvalue weighted by molar-refractivity contribution is -0.127. The number of halogens is 1. The van der Waals surface area contributed by atoms with Gasteiger partial charge in [0.05, 0.1) is 0 Å². The maximum atomic E-state index is 12.0. The number of benzene rings is 1. The zero-order valence-electron chi connectivity index (χ0n) is 13.0. The Labute approximate surface area is 142 Å². The van der Waals surface area contributed by atoms with Gasteiger partial charge in [0.1, 0.15) is 5.75 Å². The summed E-state index contributed by atoms with van der Waals surface area (Å²) in [6.45, 7) is 2.46. The van der Waals surface area contributed by atoms with Crippen molar-refractivity contribution in [2.45, 2.75) is 50.4 Å². The Hall–Kier alpha value is -0.870. The summed E-state index contributed by atoms with van der Waals surface area (Å²) in [5.41, 5.74) is 0. The largest absolute Gasteiger partial charge is 0.481 e. The lowest BCUT2D eigenvalue weighted by Gasteiger charge is -2.21. The molecule has 1 amide bonds. The average molecular weight is 342 g/mol. The molecule has 122 valence electrons. The molecule has 1 aliphatic carbocycles. The maximum Gasteiger partial charge on any atom is 0.260 e. The molecule has 22 heavy (non-hydrogen) atoms. The summed E-state index contributed by atoms with van der Waals surface area (Å²) in [6.07, 6.45) is 6.25. The first-order chi connectivity index (χ1) is 10.6. The number of nitrogens with one attached hydrogen (secondary N) is 1. The van der Waals surface area contributed by atoms with Crippen LogP contribution in [-0.4, -0.2) is 29.6 Å². The zero-order valence-corrected chi connectivity index (χ0v) is 14.6. The average Bonchev–Trinajstić information content (AvgIpc) is 2.54. The van der Waals surface area contributed by atoms with E-state index in [-0.39, 0.29) is 5.91 Å². The van der Waals surface area contributed by atoms with Gasteiger partial charge in [0, 0.05) is 22.6 Å². The highest BCUT2D eigenvalue weighted by molar-refractivity contribution is 7.99. The second-order valence-electron chi connectivity index (χ2n) is 5.64. The molecule has 0 bridgehead atoms. The minimum absolute atomic E-state index is 0.0702. The Morgan fingerprint density at radius 3 is 2.68 bits per heavy atom. The second-order valence-corrected chi connectivity index (χ2v) is 7.48. The van der Waals surface area contributed by atoms with Crippen LogP contribution in [0.15, 0.2) is 24.3 Å². The Morgan fingerprint density at radius 2 is 2.00 bits per heavy atom. The van der Waals surface area contributed by atoms with E-state index in [1.807, 2.05) is 11.8 Å². The minimum Gasteiger partial charge on any atom is -0.481 e. The van der Waals surface area contributed by atoms with Crippen molar-refractivity contribution in [3.8, 4) is 5.75 Å². The van der Waals surface area contributed by atoms with Crippen LogP contribution in [0.5, 0.6) is 5.75 Å². The number of thioether (sulfide) groups is 1. The van der Waals surface area contributed by atoms with Crippen molar-refractivity contribution in [1.29, 1.82) is 0 Å². The first-order valence-corrected chi connectivity index (χ1v) is 9.39. The third kappa shape index (κ3) is 6.09. The number of rotatable bonds is 7. The molecule has 0 aromatic heterocycles. The second kappa shape index (κ2) is 9.31. The van der Waals surface area contributed by atoms with E-state index in [1.54, 1.807) is 31.2 Å². The summed E-state index contributed by atoms with van der Waals surface area (Å²) in [5, 5.41) is 4.39. The van der Waals surface area contributed by atoms with Crippen molar-refractivity contribution in [2.75, 3.05) is 12.3 Å². The van der Waals surface area contributed by atoms with Crippen LogP contribution < -0.4 is 10.1 Å². The van der Waals surface area contributed by atoms with E-state index in [4.69, 9.17) is 16.3 Å². The van der Waals surface area contributed by atoms with E-state index in [0.717, 1.165) is 11.0 Å². The van der Waals surface area contributed by atoms with Crippen molar-refractivity contribution in [1.82, 2.24) is 5.32 Å². The Balaban J connectivity index is 1.62. The van der Waals surface area contributed by atoms with Gasteiger partial charge in [-0.1, -0.05) is 30.9 Å². The molecule has 1 aliphatic rings. The van der Waals surface area contributed by atoms with Crippen LogP contribution in [0.25, 0.3) is 0 Å². The molecule has 1 fully saturated rings. The Kier molecular flexibility index (Phi) is 7.40.